The lowest BCUT2D eigenvalue weighted by Gasteiger charge is -2.14. The van der Waals surface area contributed by atoms with Crippen LogP contribution in [0.25, 0.3) is 5.69 Å². The third-order valence-corrected chi connectivity index (χ3v) is 4.36. The first-order valence-electron chi connectivity index (χ1n) is 9.72. The second-order valence-corrected chi connectivity index (χ2v) is 6.40. The molecular weight excluding hydrogens is 512 g/mol. The van der Waals surface area contributed by atoms with Crippen molar-refractivity contribution in [3.8, 4) is 17.2 Å². The number of aromatic nitrogens is 2. The van der Waals surface area contributed by atoms with E-state index in [0.29, 0.717) is 37.0 Å². The van der Waals surface area contributed by atoms with E-state index in [2.05, 4.69) is 20.7 Å². The Hall–Kier alpha value is -2.82. The Balaban J connectivity index is 0.00000341. The minimum atomic E-state index is -0.264. The van der Waals surface area contributed by atoms with E-state index in [1.54, 1.807) is 31.0 Å². The fraction of sp³-hybridized carbons (Fsp3) is 0.273. The van der Waals surface area contributed by atoms with Gasteiger partial charge in [0.05, 0.1) is 25.1 Å². The first-order chi connectivity index (χ1) is 14.6. The van der Waals surface area contributed by atoms with Gasteiger partial charge in [0.15, 0.2) is 17.5 Å². The number of nitrogens with one attached hydrogen (secondary N) is 2. The number of hydrogen-bond donors (Lipinski definition) is 2. The summed E-state index contributed by atoms with van der Waals surface area (Å²) < 4.78 is 25.7. The van der Waals surface area contributed by atoms with Gasteiger partial charge < -0.3 is 20.1 Å². The highest BCUT2D eigenvalue weighted by Crippen LogP contribution is 2.30. The van der Waals surface area contributed by atoms with Gasteiger partial charge in [-0.15, -0.1) is 24.0 Å². The van der Waals surface area contributed by atoms with Crippen molar-refractivity contribution >= 4 is 35.6 Å². The Morgan fingerprint density at radius 1 is 1.13 bits per heavy atom. The van der Waals surface area contributed by atoms with Crippen LogP contribution in [0.2, 0.25) is 0 Å². The lowest BCUT2D eigenvalue weighted by atomic mass is 10.2. The molecule has 0 amide bonds. The van der Waals surface area contributed by atoms with Crippen molar-refractivity contribution in [3.05, 3.63) is 66.2 Å². The highest BCUT2D eigenvalue weighted by Gasteiger charge is 2.07. The zero-order valence-electron chi connectivity index (χ0n) is 17.8. The second-order valence-electron chi connectivity index (χ2n) is 6.40. The zero-order chi connectivity index (χ0) is 21.3. The maximum absolute atomic E-state index is 13.1. The van der Waals surface area contributed by atoms with Gasteiger partial charge >= 0.3 is 0 Å². The SMILES string of the molecule is CCOc1cc(NC(=NC)NCCc2ccn(-c3ccc(F)cc3)n2)ccc1OC.I. The largest absolute Gasteiger partial charge is 0.493 e. The lowest BCUT2D eigenvalue weighted by molar-refractivity contribution is 0.311. The zero-order valence-corrected chi connectivity index (χ0v) is 20.1. The van der Waals surface area contributed by atoms with Crippen LogP contribution in [0, 0.1) is 5.82 Å². The summed E-state index contributed by atoms with van der Waals surface area (Å²) in [5.41, 5.74) is 2.58. The minimum Gasteiger partial charge on any atom is -0.493 e. The monoisotopic (exact) mass is 539 g/mol. The Bertz CT molecular complexity index is 992. The van der Waals surface area contributed by atoms with Gasteiger partial charge in [-0.05, 0) is 49.4 Å². The Morgan fingerprint density at radius 2 is 1.90 bits per heavy atom. The molecule has 0 saturated carbocycles. The van der Waals surface area contributed by atoms with Crippen molar-refractivity contribution in [1.82, 2.24) is 15.1 Å². The molecule has 1 heterocycles. The Morgan fingerprint density at radius 3 is 2.58 bits per heavy atom. The van der Waals surface area contributed by atoms with Crippen LogP contribution >= 0.6 is 24.0 Å². The molecule has 3 rings (SSSR count). The molecule has 0 aliphatic heterocycles. The van der Waals surface area contributed by atoms with Crippen LogP contribution < -0.4 is 20.1 Å². The molecule has 0 fully saturated rings. The van der Waals surface area contributed by atoms with Crippen LogP contribution in [0.1, 0.15) is 12.6 Å². The van der Waals surface area contributed by atoms with Crippen molar-refractivity contribution in [2.45, 2.75) is 13.3 Å². The van der Waals surface area contributed by atoms with Crippen LogP contribution in [0.5, 0.6) is 11.5 Å². The average molecular weight is 539 g/mol. The van der Waals surface area contributed by atoms with Gasteiger partial charge in [0.2, 0.25) is 0 Å². The highest BCUT2D eigenvalue weighted by molar-refractivity contribution is 14.0. The summed E-state index contributed by atoms with van der Waals surface area (Å²) in [5, 5.41) is 11.0. The van der Waals surface area contributed by atoms with Crippen LogP contribution in [-0.4, -0.2) is 43.0 Å². The van der Waals surface area contributed by atoms with Crippen molar-refractivity contribution in [3.63, 3.8) is 0 Å². The number of benzene rings is 2. The summed E-state index contributed by atoms with van der Waals surface area (Å²) in [6, 6.07) is 13.8. The van der Waals surface area contributed by atoms with Crippen LogP contribution in [0.15, 0.2) is 59.7 Å². The van der Waals surface area contributed by atoms with Crippen molar-refractivity contribution in [2.75, 3.05) is 32.6 Å². The van der Waals surface area contributed by atoms with Gasteiger partial charge in [-0.3, -0.25) is 4.99 Å². The van der Waals surface area contributed by atoms with E-state index >= 15 is 0 Å². The molecule has 0 aliphatic carbocycles. The quantitative estimate of drug-likeness (QED) is 0.254. The average Bonchev–Trinajstić information content (AvgIpc) is 3.23. The molecule has 0 aliphatic rings. The molecule has 31 heavy (non-hydrogen) atoms. The Labute approximate surface area is 198 Å². The van der Waals surface area contributed by atoms with E-state index < -0.39 is 0 Å². The van der Waals surface area contributed by atoms with E-state index in [1.807, 2.05) is 37.4 Å². The number of methoxy groups -OCH3 is 1. The highest BCUT2D eigenvalue weighted by atomic mass is 127. The topological polar surface area (TPSA) is 72.7 Å². The predicted molar refractivity (Wildman–Crippen MR) is 132 cm³/mol. The molecule has 3 aromatic rings. The number of anilines is 1. The number of rotatable bonds is 8. The second kappa shape index (κ2) is 12.1. The van der Waals surface area contributed by atoms with Gasteiger partial charge in [0.1, 0.15) is 5.82 Å². The summed E-state index contributed by atoms with van der Waals surface area (Å²) in [5.74, 6) is 1.73. The van der Waals surface area contributed by atoms with Gasteiger partial charge in [0, 0.05) is 38.0 Å². The lowest BCUT2D eigenvalue weighted by Crippen LogP contribution is -2.32. The number of guanidine groups is 1. The molecule has 1 aromatic heterocycles. The smallest absolute Gasteiger partial charge is 0.195 e. The molecule has 0 saturated heterocycles. The fourth-order valence-corrected chi connectivity index (χ4v) is 2.88. The van der Waals surface area contributed by atoms with Crippen molar-refractivity contribution in [2.24, 2.45) is 4.99 Å². The Kier molecular flexibility index (Phi) is 9.57. The third kappa shape index (κ3) is 6.84. The van der Waals surface area contributed by atoms with Gasteiger partial charge in [-0.1, -0.05) is 0 Å². The number of halogens is 2. The predicted octanol–water partition coefficient (Wildman–Crippen LogP) is 4.27. The summed E-state index contributed by atoms with van der Waals surface area (Å²) in [6.45, 7) is 3.13. The maximum Gasteiger partial charge on any atom is 0.195 e. The summed E-state index contributed by atoms with van der Waals surface area (Å²) in [7, 11) is 3.33. The van der Waals surface area contributed by atoms with Gasteiger partial charge in [-0.25, -0.2) is 9.07 Å². The van der Waals surface area contributed by atoms with E-state index in [4.69, 9.17) is 9.47 Å². The van der Waals surface area contributed by atoms with Gasteiger partial charge in [-0.2, -0.15) is 5.10 Å². The summed E-state index contributed by atoms with van der Waals surface area (Å²) in [4.78, 5) is 4.26. The van der Waals surface area contributed by atoms with Crippen LogP contribution in [0.4, 0.5) is 10.1 Å². The molecule has 0 bridgehead atoms. The van der Waals surface area contributed by atoms with Crippen molar-refractivity contribution in [1.29, 1.82) is 0 Å². The minimum absolute atomic E-state index is 0. The standard InChI is InChI=1S/C22H26FN5O2.HI/c1-4-30-21-15-18(7-10-20(21)29-3)26-22(24-2)25-13-11-17-12-14-28(27-17)19-8-5-16(23)6-9-19;/h5-10,12,14-15H,4,11,13H2,1-3H3,(H2,24,25,26);1H. The third-order valence-electron chi connectivity index (χ3n) is 4.36. The van der Waals surface area contributed by atoms with E-state index in [0.717, 1.165) is 17.1 Å². The molecule has 2 aromatic carbocycles. The number of hydrogen-bond acceptors (Lipinski definition) is 4. The molecule has 0 unspecified atom stereocenters. The van der Waals surface area contributed by atoms with Crippen LogP contribution in [0.3, 0.4) is 0 Å². The maximum atomic E-state index is 13.1. The fourth-order valence-electron chi connectivity index (χ4n) is 2.88. The van der Waals surface area contributed by atoms with E-state index in [-0.39, 0.29) is 29.8 Å². The summed E-state index contributed by atoms with van der Waals surface area (Å²) in [6.07, 6.45) is 2.57. The van der Waals surface area contributed by atoms with Gasteiger partial charge in [0.25, 0.3) is 0 Å². The number of ether oxygens (including phenoxy) is 2. The molecule has 0 radical (unpaired) electrons. The molecule has 0 spiro atoms. The van der Waals surface area contributed by atoms with E-state index in [1.165, 1.54) is 12.1 Å². The molecule has 166 valence electrons. The molecule has 7 nitrogen and oxygen atoms in total. The number of nitrogens with zero attached hydrogens (tertiary/aromatic N) is 3. The van der Waals surface area contributed by atoms with Crippen molar-refractivity contribution < 1.29 is 13.9 Å². The molecule has 0 atom stereocenters. The number of aliphatic imine (C=N–C) groups is 1. The normalized spacial score (nSPS) is 10.9. The van der Waals surface area contributed by atoms with Crippen LogP contribution in [-0.2, 0) is 6.42 Å². The molecule has 9 heteroatoms. The molecule has 2 N–H and O–H groups in total. The van der Waals surface area contributed by atoms with E-state index in [9.17, 15) is 4.39 Å². The first-order valence-corrected chi connectivity index (χ1v) is 9.72. The molecular formula is C22H27FIN5O2. The summed E-state index contributed by atoms with van der Waals surface area (Å²) >= 11 is 0. The first kappa shape index (κ1) is 24.4.